The minimum Gasteiger partial charge on any atom is -0.507 e. The van der Waals surface area contributed by atoms with Gasteiger partial charge in [0.15, 0.2) is 11.5 Å². The van der Waals surface area contributed by atoms with Crippen molar-refractivity contribution in [2.24, 2.45) is 0 Å². The Kier molecular flexibility index (Phi) is 15.1. The highest BCUT2D eigenvalue weighted by Gasteiger charge is 2.23. The molecule has 1 aromatic heterocycles. The van der Waals surface area contributed by atoms with Crippen LogP contribution in [0, 0.1) is 0 Å². The topological polar surface area (TPSA) is 93.3 Å². The molecule has 0 atom stereocenters. The van der Waals surface area contributed by atoms with Gasteiger partial charge >= 0.3 is 0 Å². The molecule has 0 aliphatic carbocycles. The van der Waals surface area contributed by atoms with Crippen molar-refractivity contribution in [1.82, 2.24) is 20.2 Å². The summed E-state index contributed by atoms with van der Waals surface area (Å²) in [5, 5.41) is 35.2. The summed E-state index contributed by atoms with van der Waals surface area (Å²) in [6, 6.07) is 20.6. The lowest BCUT2D eigenvalue weighted by Crippen LogP contribution is -2.00. The molecule has 45 heavy (non-hydrogen) atoms. The van der Waals surface area contributed by atoms with Gasteiger partial charge in [-0.1, -0.05) is 152 Å². The van der Waals surface area contributed by atoms with E-state index in [1.165, 1.54) is 108 Å². The Hall–Kier alpha value is -3.52. The molecule has 0 fully saturated rings. The first-order valence-electron chi connectivity index (χ1n) is 17.0. The molecule has 8 heteroatoms. The average Bonchev–Trinajstić information content (AvgIpc) is 3.54. The average molecular weight is 631 g/mol. The minimum atomic E-state index is -0.00303. The molecule has 0 unspecified atom stereocenters. The number of ether oxygens (including phenoxy) is 1. The first kappa shape index (κ1) is 34.4. The van der Waals surface area contributed by atoms with Crippen LogP contribution in [-0.4, -0.2) is 37.0 Å². The maximum atomic E-state index is 11.4. The van der Waals surface area contributed by atoms with Gasteiger partial charge in [0.05, 0.1) is 17.2 Å². The summed E-state index contributed by atoms with van der Waals surface area (Å²) in [6.07, 6.45) is 21.0. The fourth-order valence-corrected chi connectivity index (χ4v) is 6.57. The number of tetrazole rings is 1. The predicted octanol–water partition coefficient (Wildman–Crippen LogP) is 10.5. The Labute approximate surface area is 273 Å². The number of hydrogen-bond donors (Lipinski definition) is 2. The highest BCUT2D eigenvalue weighted by molar-refractivity contribution is 7.99. The van der Waals surface area contributed by atoms with E-state index in [0.29, 0.717) is 22.2 Å². The third-order valence-electron chi connectivity index (χ3n) is 8.15. The van der Waals surface area contributed by atoms with Crippen LogP contribution in [0.15, 0.2) is 76.8 Å². The molecule has 0 saturated carbocycles. The number of rotatable bonds is 22. The smallest absolute Gasteiger partial charge is 0.219 e. The number of benzene rings is 3. The van der Waals surface area contributed by atoms with Crippen LogP contribution < -0.4 is 4.74 Å². The van der Waals surface area contributed by atoms with E-state index in [0.717, 1.165) is 24.1 Å². The highest BCUT2D eigenvalue weighted by atomic mass is 32.2. The van der Waals surface area contributed by atoms with Gasteiger partial charge in [0.25, 0.3) is 0 Å². The Bertz CT molecular complexity index is 1380. The number of phenolic OH excluding ortho intramolecular Hbond substituents is 2. The van der Waals surface area contributed by atoms with Gasteiger partial charge in [-0.25, -0.2) is 0 Å². The van der Waals surface area contributed by atoms with Crippen LogP contribution in [0.4, 0.5) is 0 Å². The SMILES string of the molecule is CCCCCCCCCCCCCCCCCCOc1cc(O)c(Sc2nnnn2-c2ccccc2)c(-c2ccccc2)c1O. The predicted molar refractivity (Wildman–Crippen MR) is 184 cm³/mol. The van der Waals surface area contributed by atoms with Crippen LogP contribution in [-0.2, 0) is 0 Å². The molecular formula is C37H50N4O3S. The number of phenols is 2. The third kappa shape index (κ3) is 11.1. The van der Waals surface area contributed by atoms with Gasteiger partial charge in [0.1, 0.15) is 5.75 Å². The summed E-state index contributed by atoms with van der Waals surface area (Å²) >= 11 is 1.20. The van der Waals surface area contributed by atoms with Gasteiger partial charge in [-0.15, -0.1) is 5.10 Å². The maximum absolute atomic E-state index is 11.4. The van der Waals surface area contributed by atoms with Gasteiger partial charge in [0.2, 0.25) is 5.16 Å². The Morgan fingerprint density at radius 3 is 1.80 bits per heavy atom. The number of para-hydroxylation sites is 1. The molecule has 0 spiro atoms. The van der Waals surface area contributed by atoms with Crippen molar-refractivity contribution in [2.45, 2.75) is 120 Å². The van der Waals surface area contributed by atoms with E-state index in [9.17, 15) is 10.2 Å². The van der Waals surface area contributed by atoms with Gasteiger partial charge < -0.3 is 14.9 Å². The van der Waals surface area contributed by atoms with Gasteiger partial charge in [-0.2, -0.15) is 4.68 Å². The van der Waals surface area contributed by atoms with Crippen molar-refractivity contribution in [3.05, 3.63) is 66.7 Å². The number of unbranched alkanes of at least 4 members (excludes halogenated alkanes) is 15. The lowest BCUT2D eigenvalue weighted by Gasteiger charge is -2.17. The molecule has 0 bridgehead atoms. The number of aromatic nitrogens is 4. The molecule has 0 aliphatic rings. The normalized spacial score (nSPS) is 11.2. The van der Waals surface area contributed by atoms with Crippen molar-refractivity contribution < 1.29 is 14.9 Å². The zero-order valence-corrected chi connectivity index (χ0v) is 27.7. The van der Waals surface area contributed by atoms with Gasteiger partial charge in [-0.3, -0.25) is 0 Å². The van der Waals surface area contributed by atoms with Gasteiger partial charge in [0, 0.05) is 11.6 Å². The van der Waals surface area contributed by atoms with Crippen LogP contribution in [0.25, 0.3) is 16.8 Å². The molecule has 4 rings (SSSR count). The van der Waals surface area contributed by atoms with E-state index in [4.69, 9.17) is 4.74 Å². The molecule has 3 aromatic carbocycles. The van der Waals surface area contributed by atoms with Crippen LogP contribution in [0.5, 0.6) is 17.2 Å². The van der Waals surface area contributed by atoms with Crippen LogP contribution >= 0.6 is 11.8 Å². The largest absolute Gasteiger partial charge is 0.507 e. The number of aromatic hydroxyl groups is 2. The maximum Gasteiger partial charge on any atom is 0.219 e. The summed E-state index contributed by atoms with van der Waals surface area (Å²) in [4.78, 5) is 0.459. The highest BCUT2D eigenvalue weighted by Crippen LogP contribution is 2.50. The van der Waals surface area contributed by atoms with Crippen molar-refractivity contribution in [3.63, 3.8) is 0 Å². The molecule has 1 heterocycles. The van der Waals surface area contributed by atoms with Crippen LogP contribution in [0.3, 0.4) is 0 Å². The van der Waals surface area contributed by atoms with Crippen LogP contribution in [0.1, 0.15) is 110 Å². The molecule has 4 aromatic rings. The lowest BCUT2D eigenvalue weighted by molar-refractivity contribution is 0.286. The van der Waals surface area contributed by atoms with E-state index >= 15 is 0 Å². The third-order valence-corrected chi connectivity index (χ3v) is 9.21. The minimum absolute atomic E-state index is 0.00115. The van der Waals surface area contributed by atoms with Crippen molar-refractivity contribution >= 4 is 11.8 Å². The summed E-state index contributed by atoms with van der Waals surface area (Å²) in [6.45, 7) is 2.76. The number of nitrogens with zero attached hydrogens (tertiary/aromatic N) is 4. The summed E-state index contributed by atoms with van der Waals surface area (Å²) < 4.78 is 7.63. The first-order valence-corrected chi connectivity index (χ1v) is 17.8. The first-order chi connectivity index (χ1) is 22.2. The molecule has 242 valence electrons. The Morgan fingerprint density at radius 1 is 0.689 bits per heavy atom. The zero-order chi connectivity index (χ0) is 31.5. The second kappa shape index (κ2) is 19.8. The van der Waals surface area contributed by atoms with E-state index in [2.05, 4.69) is 22.4 Å². The summed E-state index contributed by atoms with van der Waals surface area (Å²) in [5.74, 6) is 0.275. The van der Waals surface area contributed by atoms with Crippen molar-refractivity contribution in [1.29, 1.82) is 0 Å². The fourth-order valence-electron chi connectivity index (χ4n) is 5.60. The molecule has 0 amide bonds. The lowest BCUT2D eigenvalue weighted by atomic mass is 10.0. The van der Waals surface area contributed by atoms with E-state index in [1.54, 1.807) is 4.68 Å². The Balaban J connectivity index is 1.23. The molecule has 0 aliphatic heterocycles. The summed E-state index contributed by atoms with van der Waals surface area (Å²) in [7, 11) is 0. The number of hydrogen-bond acceptors (Lipinski definition) is 7. The standard InChI is InChI=1S/C37H50N4O3S/c1-2-3-4-5-6-7-8-9-10-11-12-13-14-15-16-23-28-44-33-29-32(42)36(34(35(33)43)30-24-19-17-20-25-30)45-37-38-39-40-41(37)31-26-21-18-22-27-31/h17-22,24-27,29,42-43H,2-16,23,28H2,1H3. The van der Waals surface area contributed by atoms with E-state index in [1.807, 2.05) is 60.7 Å². The monoisotopic (exact) mass is 630 g/mol. The van der Waals surface area contributed by atoms with Crippen LogP contribution in [0.2, 0.25) is 0 Å². The molecule has 2 N–H and O–H groups in total. The van der Waals surface area contributed by atoms with E-state index in [-0.39, 0.29) is 17.2 Å². The Morgan fingerprint density at radius 2 is 1.22 bits per heavy atom. The van der Waals surface area contributed by atoms with Gasteiger partial charge in [-0.05, 0) is 46.3 Å². The molecule has 0 saturated heterocycles. The quantitative estimate of drug-likeness (QED) is 0.0659. The molecular weight excluding hydrogens is 580 g/mol. The second-order valence-electron chi connectivity index (χ2n) is 11.8. The van der Waals surface area contributed by atoms with E-state index < -0.39 is 0 Å². The van der Waals surface area contributed by atoms with Crippen molar-refractivity contribution in [3.8, 4) is 34.1 Å². The second-order valence-corrected chi connectivity index (χ2v) is 12.8. The van der Waals surface area contributed by atoms with Crippen molar-refractivity contribution in [2.75, 3.05) is 6.61 Å². The molecule has 7 nitrogen and oxygen atoms in total. The fraction of sp³-hybridized carbons (Fsp3) is 0.486. The molecule has 0 radical (unpaired) electrons. The zero-order valence-electron chi connectivity index (χ0n) is 26.9. The summed E-state index contributed by atoms with van der Waals surface area (Å²) in [5.41, 5.74) is 2.05.